The molecule has 3 aromatic heterocycles. The Balaban J connectivity index is 1.57. The molecule has 0 aliphatic heterocycles. The number of hydrogen-bond acceptors (Lipinski definition) is 4. The molecule has 1 aliphatic rings. The molecule has 3 heterocycles. The summed E-state index contributed by atoms with van der Waals surface area (Å²) in [6.45, 7) is 1.96. The maximum absolute atomic E-state index is 15.0. The van der Waals surface area contributed by atoms with Crippen LogP contribution in [0.15, 0.2) is 24.8 Å². The Bertz CT molecular complexity index is 1300. The summed E-state index contributed by atoms with van der Waals surface area (Å²) in [5.41, 5.74) is 2.43. The molecule has 1 fully saturated rings. The van der Waals surface area contributed by atoms with Gasteiger partial charge in [0.1, 0.15) is 12.0 Å². The number of hydrogen-bond donors (Lipinski definition) is 2. The van der Waals surface area contributed by atoms with Crippen LogP contribution in [0.1, 0.15) is 25.3 Å². The van der Waals surface area contributed by atoms with Crippen LogP contribution in [0.4, 0.5) is 14.6 Å². The van der Waals surface area contributed by atoms with E-state index in [1.165, 1.54) is 6.20 Å². The number of rotatable bonds is 5. The maximum atomic E-state index is 15.0. The lowest BCUT2D eigenvalue weighted by atomic mass is 10.00. The number of nitrogens with zero attached hydrogens (tertiary/aromatic N) is 4. The van der Waals surface area contributed by atoms with Gasteiger partial charge in [-0.15, -0.1) is 0 Å². The van der Waals surface area contributed by atoms with Gasteiger partial charge in [0.2, 0.25) is 5.91 Å². The van der Waals surface area contributed by atoms with Crippen LogP contribution in [0.25, 0.3) is 27.8 Å². The SMILES string of the molecule is CCCc1c(F)c(Cl)c(-c2cn3cc(NC(=O)C4CC4F)nc3cn2)c2cn[nH]c12. The Labute approximate surface area is 174 Å². The van der Waals surface area contributed by atoms with Gasteiger partial charge in [0, 0.05) is 22.7 Å². The highest BCUT2D eigenvalue weighted by Crippen LogP contribution is 2.39. The number of anilines is 1. The number of imidazole rings is 1. The van der Waals surface area contributed by atoms with Crippen molar-refractivity contribution < 1.29 is 13.6 Å². The normalized spacial score (nSPS) is 18.3. The Kier molecular flexibility index (Phi) is 4.43. The van der Waals surface area contributed by atoms with Gasteiger partial charge in [0.25, 0.3) is 0 Å². The number of carbonyl (C=O) groups is 1. The van der Waals surface area contributed by atoms with E-state index in [9.17, 15) is 9.18 Å². The highest BCUT2D eigenvalue weighted by Gasteiger charge is 2.43. The Hall–Kier alpha value is -3.07. The molecular formula is C20H17ClF2N6O. The molecule has 154 valence electrons. The molecule has 0 bridgehead atoms. The number of aromatic amines is 1. The average Bonchev–Trinajstić information content (AvgIpc) is 3.11. The van der Waals surface area contributed by atoms with Crippen molar-refractivity contribution in [2.24, 2.45) is 5.92 Å². The van der Waals surface area contributed by atoms with E-state index < -0.39 is 23.8 Å². The number of aryl methyl sites for hydroxylation is 1. The minimum Gasteiger partial charge on any atom is -0.309 e. The molecule has 30 heavy (non-hydrogen) atoms. The number of carbonyl (C=O) groups excluding carboxylic acids is 1. The van der Waals surface area contributed by atoms with Crippen LogP contribution in [0, 0.1) is 11.7 Å². The first-order valence-corrected chi connectivity index (χ1v) is 9.98. The topological polar surface area (TPSA) is 88.0 Å². The fourth-order valence-electron chi connectivity index (χ4n) is 3.65. The molecule has 1 aliphatic carbocycles. The highest BCUT2D eigenvalue weighted by molar-refractivity contribution is 6.35. The van der Waals surface area contributed by atoms with Crippen molar-refractivity contribution in [1.29, 1.82) is 0 Å². The van der Waals surface area contributed by atoms with Crippen molar-refractivity contribution in [3.8, 4) is 11.3 Å². The zero-order valence-electron chi connectivity index (χ0n) is 15.9. The smallest absolute Gasteiger partial charge is 0.231 e. The van der Waals surface area contributed by atoms with E-state index in [1.54, 1.807) is 23.0 Å². The molecule has 2 N–H and O–H groups in total. The minimum atomic E-state index is -1.08. The van der Waals surface area contributed by atoms with E-state index in [4.69, 9.17) is 11.6 Å². The summed E-state index contributed by atoms with van der Waals surface area (Å²) >= 11 is 6.41. The second-order valence-corrected chi connectivity index (χ2v) is 7.78. The van der Waals surface area contributed by atoms with Crippen molar-refractivity contribution in [2.45, 2.75) is 32.4 Å². The first kappa shape index (κ1) is 18.9. The van der Waals surface area contributed by atoms with Gasteiger partial charge in [-0.05, 0) is 12.8 Å². The fourth-order valence-corrected chi connectivity index (χ4v) is 3.97. The highest BCUT2D eigenvalue weighted by atomic mass is 35.5. The largest absolute Gasteiger partial charge is 0.309 e. The molecule has 0 spiro atoms. The average molecular weight is 431 g/mol. The van der Waals surface area contributed by atoms with Crippen LogP contribution in [-0.2, 0) is 11.2 Å². The molecule has 1 saturated carbocycles. The van der Waals surface area contributed by atoms with Crippen LogP contribution in [0.5, 0.6) is 0 Å². The van der Waals surface area contributed by atoms with Crippen LogP contribution >= 0.6 is 11.6 Å². The third kappa shape index (κ3) is 3.00. The van der Waals surface area contributed by atoms with Gasteiger partial charge in [-0.25, -0.2) is 13.8 Å². The van der Waals surface area contributed by atoms with Crippen molar-refractivity contribution in [2.75, 3.05) is 5.32 Å². The molecule has 0 saturated heterocycles. The molecule has 1 aromatic carbocycles. The van der Waals surface area contributed by atoms with Gasteiger partial charge in [-0.2, -0.15) is 5.10 Å². The summed E-state index contributed by atoms with van der Waals surface area (Å²) in [5, 5.41) is 10.2. The summed E-state index contributed by atoms with van der Waals surface area (Å²) in [7, 11) is 0. The zero-order valence-corrected chi connectivity index (χ0v) is 16.7. The van der Waals surface area contributed by atoms with Gasteiger partial charge >= 0.3 is 0 Å². The Morgan fingerprint density at radius 1 is 1.40 bits per heavy atom. The van der Waals surface area contributed by atoms with Crippen molar-refractivity contribution in [3.63, 3.8) is 0 Å². The second kappa shape index (κ2) is 7.02. The third-order valence-corrected chi connectivity index (χ3v) is 5.64. The fraction of sp³-hybridized carbons (Fsp3) is 0.300. The number of H-pyrrole nitrogens is 1. The van der Waals surface area contributed by atoms with Crippen molar-refractivity contribution >= 4 is 39.9 Å². The van der Waals surface area contributed by atoms with Crippen molar-refractivity contribution in [3.05, 3.63) is 41.2 Å². The quantitative estimate of drug-likeness (QED) is 0.493. The van der Waals surface area contributed by atoms with Crippen LogP contribution < -0.4 is 5.32 Å². The Morgan fingerprint density at radius 2 is 2.20 bits per heavy atom. The van der Waals surface area contributed by atoms with Crippen LogP contribution in [0.3, 0.4) is 0 Å². The number of amides is 1. The molecule has 1 amide bonds. The number of aromatic nitrogens is 5. The number of halogens is 3. The van der Waals surface area contributed by atoms with Gasteiger partial charge in [0.05, 0.1) is 40.7 Å². The van der Waals surface area contributed by atoms with Gasteiger partial charge in [-0.1, -0.05) is 24.9 Å². The monoisotopic (exact) mass is 430 g/mol. The first-order chi connectivity index (χ1) is 14.5. The summed E-state index contributed by atoms with van der Waals surface area (Å²) < 4.78 is 29.7. The zero-order chi connectivity index (χ0) is 21.0. The Morgan fingerprint density at radius 3 is 2.93 bits per heavy atom. The standard InChI is InChI=1S/C20H17ClF2N6O/c1-2-3-9-18(23)17(21)16(11-5-25-28-19(9)11)13-7-29-8-14(26-15(29)6-24-13)27-20(30)10-4-12(10)22/h5-8,10,12H,2-4H2,1H3,(H,25,28)(H,27,30). The molecular weight excluding hydrogens is 414 g/mol. The predicted octanol–water partition coefficient (Wildman–Crippen LogP) is 4.31. The molecule has 7 nitrogen and oxygen atoms in total. The van der Waals surface area contributed by atoms with E-state index in [0.29, 0.717) is 45.6 Å². The van der Waals surface area contributed by atoms with Crippen LogP contribution in [-0.4, -0.2) is 36.6 Å². The number of fused-ring (bicyclic) bond motifs is 2. The summed E-state index contributed by atoms with van der Waals surface area (Å²) in [6.07, 6.45) is 6.80. The van der Waals surface area contributed by atoms with Crippen LogP contribution in [0.2, 0.25) is 5.02 Å². The van der Waals surface area contributed by atoms with Gasteiger partial charge in [-0.3, -0.25) is 14.9 Å². The maximum Gasteiger partial charge on any atom is 0.231 e. The minimum absolute atomic E-state index is 0.0180. The van der Waals surface area contributed by atoms with E-state index in [1.807, 2.05) is 6.92 Å². The molecule has 5 rings (SSSR count). The predicted molar refractivity (Wildman–Crippen MR) is 109 cm³/mol. The van der Waals surface area contributed by atoms with Gasteiger partial charge < -0.3 is 9.72 Å². The molecule has 2 atom stereocenters. The molecule has 4 aromatic rings. The van der Waals surface area contributed by atoms with Crippen molar-refractivity contribution in [1.82, 2.24) is 24.6 Å². The number of benzene rings is 1. The summed E-state index contributed by atoms with van der Waals surface area (Å²) in [5.74, 6) is -1.20. The van der Waals surface area contributed by atoms with E-state index >= 15 is 4.39 Å². The molecule has 2 unspecified atom stereocenters. The molecule has 0 radical (unpaired) electrons. The lowest BCUT2D eigenvalue weighted by Gasteiger charge is -2.11. The van der Waals surface area contributed by atoms with Gasteiger partial charge in [0.15, 0.2) is 11.5 Å². The lowest BCUT2D eigenvalue weighted by molar-refractivity contribution is -0.117. The second-order valence-electron chi connectivity index (χ2n) is 7.40. The van der Waals surface area contributed by atoms with E-state index in [-0.39, 0.29) is 11.4 Å². The van der Waals surface area contributed by atoms with E-state index in [2.05, 4.69) is 25.5 Å². The third-order valence-electron chi connectivity index (χ3n) is 5.29. The number of alkyl halides is 1. The number of nitrogens with one attached hydrogen (secondary N) is 2. The lowest BCUT2D eigenvalue weighted by Crippen LogP contribution is -2.15. The first-order valence-electron chi connectivity index (χ1n) is 9.61. The summed E-state index contributed by atoms with van der Waals surface area (Å²) in [4.78, 5) is 20.6. The molecule has 10 heteroatoms. The summed E-state index contributed by atoms with van der Waals surface area (Å²) in [6, 6.07) is 0. The van der Waals surface area contributed by atoms with E-state index in [0.717, 1.165) is 6.42 Å².